The lowest BCUT2D eigenvalue weighted by atomic mass is 10.0. The molecular formula is C14H10Br2ClFO. The highest BCUT2D eigenvalue weighted by Crippen LogP contribution is 2.37. The van der Waals surface area contributed by atoms with Crippen LogP contribution in [0.1, 0.15) is 16.5 Å². The van der Waals surface area contributed by atoms with E-state index in [1.165, 1.54) is 6.07 Å². The van der Waals surface area contributed by atoms with E-state index in [0.717, 1.165) is 14.5 Å². The molecule has 0 radical (unpaired) electrons. The maximum absolute atomic E-state index is 13.8. The van der Waals surface area contributed by atoms with Crippen LogP contribution in [0.25, 0.3) is 0 Å². The van der Waals surface area contributed by atoms with Crippen LogP contribution in [-0.2, 0) is 0 Å². The highest BCUT2D eigenvalue weighted by Gasteiger charge is 2.18. The molecule has 0 amide bonds. The summed E-state index contributed by atoms with van der Waals surface area (Å²) < 4.78 is 20.5. The van der Waals surface area contributed by atoms with Gasteiger partial charge in [0.05, 0.1) is 12.5 Å². The van der Waals surface area contributed by atoms with E-state index in [-0.39, 0.29) is 5.82 Å². The summed E-state index contributed by atoms with van der Waals surface area (Å²) in [5.41, 5.74) is 1.22. The molecule has 2 aromatic rings. The fourth-order valence-corrected chi connectivity index (χ4v) is 3.17. The van der Waals surface area contributed by atoms with Gasteiger partial charge in [-0.1, -0.05) is 37.9 Å². The Bertz CT molecular complexity index is 604. The molecule has 0 saturated heterocycles. The summed E-state index contributed by atoms with van der Waals surface area (Å²) in [5, 5.41) is -0.571. The molecule has 0 bridgehead atoms. The fourth-order valence-electron chi connectivity index (χ4n) is 1.72. The Kier molecular flexibility index (Phi) is 4.87. The maximum atomic E-state index is 13.8. The Morgan fingerprint density at radius 3 is 2.47 bits per heavy atom. The van der Waals surface area contributed by atoms with Crippen LogP contribution in [0, 0.1) is 5.82 Å². The lowest BCUT2D eigenvalue weighted by Gasteiger charge is -2.14. The van der Waals surface area contributed by atoms with Crippen molar-refractivity contribution >= 4 is 43.5 Å². The Morgan fingerprint density at radius 2 is 1.84 bits per heavy atom. The fraction of sp³-hybridized carbons (Fsp3) is 0.143. The van der Waals surface area contributed by atoms with Gasteiger partial charge >= 0.3 is 0 Å². The minimum absolute atomic E-state index is 0.328. The number of ether oxygens (including phenoxy) is 1. The molecule has 0 N–H and O–H groups in total. The summed E-state index contributed by atoms with van der Waals surface area (Å²) in [6.07, 6.45) is 0. The summed E-state index contributed by atoms with van der Waals surface area (Å²) in [4.78, 5) is 0. The van der Waals surface area contributed by atoms with Crippen molar-refractivity contribution in [3.8, 4) is 5.75 Å². The molecule has 0 aliphatic carbocycles. The average molecular weight is 408 g/mol. The molecule has 0 heterocycles. The van der Waals surface area contributed by atoms with Crippen LogP contribution >= 0.6 is 43.5 Å². The van der Waals surface area contributed by atoms with Crippen LogP contribution in [0.2, 0.25) is 0 Å². The normalized spacial score (nSPS) is 12.3. The molecule has 2 rings (SSSR count). The number of rotatable bonds is 3. The Balaban J connectivity index is 2.43. The van der Waals surface area contributed by atoms with E-state index >= 15 is 0 Å². The van der Waals surface area contributed by atoms with Crippen molar-refractivity contribution in [3.63, 3.8) is 0 Å². The summed E-state index contributed by atoms with van der Waals surface area (Å²) in [5.74, 6) is 0.389. The van der Waals surface area contributed by atoms with Crippen molar-refractivity contribution in [2.24, 2.45) is 0 Å². The maximum Gasteiger partial charge on any atom is 0.128 e. The summed E-state index contributed by atoms with van der Waals surface area (Å²) in [7, 11) is 1.59. The molecule has 0 aliphatic heterocycles. The van der Waals surface area contributed by atoms with Gasteiger partial charge in [0.25, 0.3) is 0 Å². The van der Waals surface area contributed by atoms with Gasteiger partial charge in [-0.15, -0.1) is 11.6 Å². The van der Waals surface area contributed by atoms with Crippen molar-refractivity contribution in [2.45, 2.75) is 5.38 Å². The Labute approximate surface area is 133 Å². The van der Waals surface area contributed by atoms with Crippen molar-refractivity contribution in [1.29, 1.82) is 0 Å². The number of methoxy groups -OCH3 is 1. The molecule has 19 heavy (non-hydrogen) atoms. The van der Waals surface area contributed by atoms with Crippen LogP contribution in [0.3, 0.4) is 0 Å². The van der Waals surface area contributed by atoms with Gasteiger partial charge in [-0.05, 0) is 35.9 Å². The van der Waals surface area contributed by atoms with E-state index in [1.54, 1.807) is 31.4 Å². The smallest absolute Gasteiger partial charge is 0.128 e. The van der Waals surface area contributed by atoms with E-state index in [1.807, 2.05) is 6.07 Å². The second-order valence-electron chi connectivity index (χ2n) is 3.92. The third kappa shape index (κ3) is 3.30. The van der Waals surface area contributed by atoms with Crippen molar-refractivity contribution < 1.29 is 9.13 Å². The largest absolute Gasteiger partial charge is 0.497 e. The highest BCUT2D eigenvalue weighted by atomic mass is 79.9. The summed E-state index contributed by atoms with van der Waals surface area (Å²) in [6, 6.07) is 10.1. The van der Waals surface area contributed by atoms with E-state index in [2.05, 4.69) is 31.9 Å². The molecule has 100 valence electrons. The van der Waals surface area contributed by atoms with Gasteiger partial charge in [-0.3, -0.25) is 0 Å². The zero-order valence-electron chi connectivity index (χ0n) is 9.96. The minimum Gasteiger partial charge on any atom is -0.497 e. The average Bonchev–Trinajstić information content (AvgIpc) is 2.40. The SMILES string of the molecule is COc1ccc(C(Cl)c2cc(Br)ccc2F)c(Br)c1. The Hall–Kier alpha value is -0.580. The second kappa shape index (κ2) is 6.25. The minimum atomic E-state index is -0.571. The molecule has 0 saturated carbocycles. The van der Waals surface area contributed by atoms with E-state index in [0.29, 0.717) is 11.3 Å². The second-order valence-corrected chi connectivity index (χ2v) is 6.12. The first-order valence-electron chi connectivity index (χ1n) is 5.45. The molecule has 0 aromatic heterocycles. The third-order valence-corrected chi connectivity index (χ3v) is 4.36. The number of alkyl halides is 1. The first-order chi connectivity index (χ1) is 9.02. The van der Waals surface area contributed by atoms with Gasteiger partial charge in [-0.25, -0.2) is 4.39 Å². The summed E-state index contributed by atoms with van der Waals surface area (Å²) >= 11 is 13.1. The molecule has 1 unspecified atom stereocenters. The lowest BCUT2D eigenvalue weighted by molar-refractivity contribution is 0.414. The van der Waals surface area contributed by atoms with Crippen LogP contribution in [0.15, 0.2) is 45.3 Å². The van der Waals surface area contributed by atoms with Crippen molar-refractivity contribution in [1.82, 2.24) is 0 Å². The number of hydrogen-bond donors (Lipinski definition) is 0. The zero-order valence-corrected chi connectivity index (χ0v) is 13.9. The van der Waals surface area contributed by atoms with Crippen molar-refractivity contribution in [2.75, 3.05) is 7.11 Å². The molecule has 0 fully saturated rings. The first kappa shape index (κ1) is 14.8. The van der Waals surface area contributed by atoms with Crippen LogP contribution in [0.4, 0.5) is 4.39 Å². The van der Waals surface area contributed by atoms with Gasteiger partial charge < -0.3 is 4.74 Å². The predicted molar refractivity (Wildman–Crippen MR) is 82.5 cm³/mol. The molecule has 1 atom stereocenters. The van der Waals surface area contributed by atoms with Crippen molar-refractivity contribution in [3.05, 3.63) is 62.3 Å². The standard InChI is InChI=1S/C14H10Br2ClFO/c1-19-9-3-4-10(12(16)7-9)14(17)11-6-8(15)2-5-13(11)18/h2-7,14H,1H3. The molecule has 2 aromatic carbocycles. The lowest BCUT2D eigenvalue weighted by Crippen LogP contribution is -1.98. The van der Waals surface area contributed by atoms with Crippen LogP contribution in [-0.4, -0.2) is 7.11 Å². The molecule has 5 heteroatoms. The zero-order chi connectivity index (χ0) is 14.0. The van der Waals surface area contributed by atoms with Gasteiger partial charge in [-0.2, -0.15) is 0 Å². The van der Waals surface area contributed by atoms with E-state index in [4.69, 9.17) is 16.3 Å². The van der Waals surface area contributed by atoms with Gasteiger partial charge in [0.2, 0.25) is 0 Å². The predicted octanol–water partition coefficient (Wildman–Crippen LogP) is 5.69. The topological polar surface area (TPSA) is 9.23 Å². The van der Waals surface area contributed by atoms with Gasteiger partial charge in [0.1, 0.15) is 11.6 Å². The Morgan fingerprint density at radius 1 is 1.11 bits per heavy atom. The van der Waals surface area contributed by atoms with Gasteiger partial charge in [0.15, 0.2) is 0 Å². The number of halogens is 4. The van der Waals surface area contributed by atoms with Gasteiger partial charge in [0, 0.05) is 14.5 Å². The quantitative estimate of drug-likeness (QED) is 0.593. The molecule has 0 aliphatic rings. The molecular weight excluding hydrogens is 398 g/mol. The monoisotopic (exact) mass is 406 g/mol. The number of benzene rings is 2. The van der Waals surface area contributed by atoms with Crippen LogP contribution < -0.4 is 4.74 Å². The first-order valence-corrected chi connectivity index (χ1v) is 7.47. The third-order valence-electron chi connectivity index (χ3n) is 2.71. The highest BCUT2D eigenvalue weighted by molar-refractivity contribution is 9.10. The summed E-state index contributed by atoms with van der Waals surface area (Å²) in [6.45, 7) is 0. The van der Waals surface area contributed by atoms with Crippen LogP contribution in [0.5, 0.6) is 5.75 Å². The number of hydrogen-bond acceptors (Lipinski definition) is 1. The molecule has 1 nitrogen and oxygen atoms in total. The van der Waals surface area contributed by atoms with E-state index in [9.17, 15) is 4.39 Å². The van der Waals surface area contributed by atoms with E-state index < -0.39 is 5.38 Å². The molecule has 0 spiro atoms.